The number of anilines is 1. The molecule has 1 heterocycles. The molecule has 1 aliphatic rings. The molecule has 0 atom stereocenters. The van der Waals surface area contributed by atoms with E-state index in [9.17, 15) is 18.0 Å². The van der Waals surface area contributed by atoms with Crippen LogP contribution in [-0.4, -0.2) is 43.6 Å². The minimum atomic E-state index is -4.39. The second-order valence-electron chi connectivity index (χ2n) is 8.33. The van der Waals surface area contributed by atoms with Crippen molar-refractivity contribution in [1.82, 2.24) is 4.90 Å². The molecule has 0 unspecified atom stereocenters. The number of carbonyl (C=O) groups excluding carboxylic acids is 1. The fourth-order valence-electron chi connectivity index (χ4n) is 4.04. The van der Waals surface area contributed by atoms with Crippen molar-refractivity contribution in [2.45, 2.75) is 19.7 Å². The summed E-state index contributed by atoms with van der Waals surface area (Å²) < 4.78 is 50.8. The van der Waals surface area contributed by atoms with Crippen LogP contribution in [0.4, 0.5) is 18.9 Å². The van der Waals surface area contributed by atoms with Gasteiger partial charge in [-0.1, -0.05) is 17.7 Å². The number of benzene rings is 3. The second kappa shape index (κ2) is 11.1. The molecule has 1 aliphatic heterocycles. The van der Waals surface area contributed by atoms with Gasteiger partial charge >= 0.3 is 6.18 Å². The van der Waals surface area contributed by atoms with Crippen molar-refractivity contribution in [3.63, 3.8) is 0 Å². The SMILES string of the molecule is CCOc1ccc(C(=O)N2CCN(c3cccc(C(F)(F)F)c3)CC2)cc1COc1ccc(Cl)cc1. The highest BCUT2D eigenvalue weighted by atomic mass is 35.5. The van der Waals surface area contributed by atoms with Crippen LogP contribution in [0.2, 0.25) is 5.02 Å². The summed E-state index contributed by atoms with van der Waals surface area (Å²) in [4.78, 5) is 16.8. The fourth-order valence-corrected chi connectivity index (χ4v) is 4.17. The topological polar surface area (TPSA) is 42.0 Å². The molecule has 9 heteroatoms. The highest BCUT2D eigenvalue weighted by Crippen LogP contribution is 2.32. The molecule has 0 aliphatic carbocycles. The molecule has 190 valence electrons. The monoisotopic (exact) mass is 518 g/mol. The molecule has 1 amide bonds. The maximum atomic E-state index is 13.2. The first-order valence-corrected chi connectivity index (χ1v) is 12.0. The van der Waals surface area contributed by atoms with Gasteiger partial charge < -0.3 is 19.3 Å². The first kappa shape index (κ1) is 25.7. The van der Waals surface area contributed by atoms with Gasteiger partial charge in [0.05, 0.1) is 12.2 Å². The van der Waals surface area contributed by atoms with Gasteiger partial charge in [0.15, 0.2) is 0 Å². The van der Waals surface area contributed by atoms with Crippen LogP contribution in [0.25, 0.3) is 0 Å². The molecule has 3 aromatic carbocycles. The molecule has 0 bridgehead atoms. The summed E-state index contributed by atoms with van der Waals surface area (Å²) in [6, 6.07) is 17.5. The molecule has 1 saturated heterocycles. The Labute approximate surface area is 213 Å². The maximum absolute atomic E-state index is 13.2. The van der Waals surface area contributed by atoms with Gasteiger partial charge in [-0.2, -0.15) is 13.2 Å². The summed E-state index contributed by atoms with van der Waals surface area (Å²) in [6.07, 6.45) is -4.39. The summed E-state index contributed by atoms with van der Waals surface area (Å²) in [5, 5.41) is 0.609. The molecule has 3 aromatic rings. The van der Waals surface area contributed by atoms with Crippen LogP contribution in [0.3, 0.4) is 0 Å². The van der Waals surface area contributed by atoms with Gasteiger partial charge in [-0.3, -0.25) is 4.79 Å². The Morgan fingerprint density at radius 3 is 2.33 bits per heavy atom. The normalized spacial score (nSPS) is 14.0. The summed E-state index contributed by atoms with van der Waals surface area (Å²) in [7, 11) is 0. The number of piperazine rings is 1. The van der Waals surface area contributed by atoms with Crippen molar-refractivity contribution in [2.24, 2.45) is 0 Å². The van der Waals surface area contributed by atoms with E-state index >= 15 is 0 Å². The molecule has 4 rings (SSSR count). The first-order valence-electron chi connectivity index (χ1n) is 11.6. The van der Waals surface area contributed by atoms with Crippen molar-refractivity contribution >= 4 is 23.2 Å². The number of rotatable bonds is 7. The molecule has 5 nitrogen and oxygen atoms in total. The number of nitrogens with zero attached hydrogens (tertiary/aromatic N) is 2. The molecule has 0 radical (unpaired) electrons. The smallest absolute Gasteiger partial charge is 0.416 e. The summed E-state index contributed by atoms with van der Waals surface area (Å²) >= 11 is 5.93. The van der Waals surface area contributed by atoms with E-state index in [4.69, 9.17) is 21.1 Å². The molecule has 1 fully saturated rings. The molecule has 0 N–H and O–H groups in total. The van der Waals surface area contributed by atoms with Crippen LogP contribution in [0.1, 0.15) is 28.4 Å². The van der Waals surface area contributed by atoms with E-state index in [1.54, 1.807) is 53.4 Å². The number of hydrogen-bond donors (Lipinski definition) is 0. The van der Waals surface area contributed by atoms with Crippen LogP contribution in [-0.2, 0) is 12.8 Å². The average molecular weight is 519 g/mol. The van der Waals surface area contributed by atoms with Gasteiger partial charge in [-0.05, 0) is 67.6 Å². The third kappa shape index (κ3) is 6.23. The summed E-state index contributed by atoms with van der Waals surface area (Å²) in [6.45, 7) is 4.25. The molecule has 36 heavy (non-hydrogen) atoms. The van der Waals surface area contributed by atoms with Crippen LogP contribution >= 0.6 is 11.6 Å². The van der Waals surface area contributed by atoms with Crippen molar-refractivity contribution in [1.29, 1.82) is 0 Å². The van der Waals surface area contributed by atoms with Crippen LogP contribution in [0.5, 0.6) is 11.5 Å². The second-order valence-corrected chi connectivity index (χ2v) is 8.76. The van der Waals surface area contributed by atoms with Gasteiger partial charge in [0.1, 0.15) is 18.1 Å². The number of hydrogen-bond acceptors (Lipinski definition) is 4. The van der Waals surface area contributed by atoms with Crippen molar-refractivity contribution in [3.05, 3.63) is 88.4 Å². The molecule has 0 saturated carbocycles. The van der Waals surface area contributed by atoms with Gasteiger partial charge in [0, 0.05) is 48.0 Å². The van der Waals surface area contributed by atoms with Crippen LogP contribution in [0, 0.1) is 0 Å². The Morgan fingerprint density at radius 2 is 1.67 bits per heavy atom. The minimum Gasteiger partial charge on any atom is -0.493 e. The summed E-state index contributed by atoms with van der Waals surface area (Å²) in [5.74, 6) is 1.14. The van der Waals surface area contributed by atoms with Crippen LogP contribution in [0.15, 0.2) is 66.7 Å². The largest absolute Gasteiger partial charge is 0.493 e. The number of amides is 1. The van der Waals surface area contributed by atoms with E-state index in [1.807, 2.05) is 11.8 Å². The van der Waals surface area contributed by atoms with Gasteiger partial charge in [0.25, 0.3) is 5.91 Å². The van der Waals surface area contributed by atoms with Crippen molar-refractivity contribution < 1.29 is 27.4 Å². The van der Waals surface area contributed by atoms with E-state index in [0.717, 1.165) is 17.7 Å². The van der Waals surface area contributed by atoms with Crippen molar-refractivity contribution in [2.75, 3.05) is 37.7 Å². The Balaban J connectivity index is 1.43. The van der Waals surface area contributed by atoms with E-state index in [-0.39, 0.29) is 12.5 Å². The van der Waals surface area contributed by atoms with Crippen LogP contribution < -0.4 is 14.4 Å². The van der Waals surface area contributed by atoms with Gasteiger partial charge in [-0.25, -0.2) is 0 Å². The zero-order chi connectivity index (χ0) is 25.7. The average Bonchev–Trinajstić information content (AvgIpc) is 2.88. The fraction of sp³-hybridized carbons (Fsp3) is 0.296. The number of halogens is 4. The van der Waals surface area contributed by atoms with Gasteiger partial charge in [0.2, 0.25) is 0 Å². The third-order valence-electron chi connectivity index (χ3n) is 5.92. The lowest BCUT2D eigenvalue weighted by atomic mass is 10.1. The molecular formula is C27H26ClF3N2O3. The molecule has 0 spiro atoms. The molecule has 0 aromatic heterocycles. The number of alkyl halides is 3. The molecular weight excluding hydrogens is 493 g/mol. The predicted octanol–water partition coefficient (Wildman–Crippen LogP) is 6.30. The van der Waals surface area contributed by atoms with Gasteiger partial charge in [-0.15, -0.1) is 0 Å². The Morgan fingerprint density at radius 1 is 0.944 bits per heavy atom. The van der Waals surface area contributed by atoms with E-state index in [0.29, 0.717) is 60.6 Å². The van der Waals surface area contributed by atoms with E-state index < -0.39 is 11.7 Å². The highest BCUT2D eigenvalue weighted by molar-refractivity contribution is 6.30. The van der Waals surface area contributed by atoms with Crippen molar-refractivity contribution in [3.8, 4) is 11.5 Å². The third-order valence-corrected chi connectivity index (χ3v) is 6.17. The lowest BCUT2D eigenvalue weighted by Gasteiger charge is -2.36. The first-order chi connectivity index (χ1) is 17.2. The Hall–Kier alpha value is -3.39. The van der Waals surface area contributed by atoms with E-state index in [2.05, 4.69) is 0 Å². The zero-order valence-electron chi connectivity index (χ0n) is 19.7. The quantitative estimate of drug-likeness (QED) is 0.368. The number of ether oxygens (including phenoxy) is 2. The summed E-state index contributed by atoms with van der Waals surface area (Å²) in [5.41, 5.74) is 1.06. The Bertz CT molecular complexity index is 1190. The van der Waals surface area contributed by atoms with E-state index in [1.165, 1.54) is 6.07 Å². The lowest BCUT2D eigenvalue weighted by molar-refractivity contribution is -0.137. The highest BCUT2D eigenvalue weighted by Gasteiger charge is 2.31. The minimum absolute atomic E-state index is 0.144. The number of carbonyl (C=O) groups is 1. The Kier molecular flexibility index (Phi) is 7.94. The lowest BCUT2D eigenvalue weighted by Crippen LogP contribution is -2.48. The zero-order valence-corrected chi connectivity index (χ0v) is 20.5. The standard InChI is InChI=1S/C27H26ClF3N2O3/c1-2-35-25-11-6-19(16-20(25)18-36-24-9-7-22(28)8-10-24)26(34)33-14-12-32(13-15-33)23-5-3-4-21(17-23)27(29,30)31/h3-11,16-17H,2,12-15,18H2,1H3. The maximum Gasteiger partial charge on any atom is 0.416 e. The predicted molar refractivity (Wildman–Crippen MR) is 133 cm³/mol.